The van der Waals surface area contributed by atoms with Crippen LogP contribution in [0.1, 0.15) is 19.8 Å². The quantitative estimate of drug-likeness (QED) is 0.528. The van der Waals surface area contributed by atoms with Crippen molar-refractivity contribution in [2.45, 2.75) is 31.8 Å². The highest BCUT2D eigenvalue weighted by atomic mass is 15.3. The van der Waals surface area contributed by atoms with Crippen LogP contribution in [0.25, 0.3) is 0 Å². The van der Waals surface area contributed by atoms with Crippen LogP contribution in [0.15, 0.2) is 12.3 Å². The zero-order valence-corrected chi connectivity index (χ0v) is 10.3. The summed E-state index contributed by atoms with van der Waals surface area (Å²) in [6, 6.07) is 2.95. The molecule has 17 heavy (non-hydrogen) atoms. The normalized spacial score (nSPS) is 25.6. The van der Waals surface area contributed by atoms with E-state index in [1.54, 1.807) is 6.20 Å². The number of hydrogen-bond acceptors (Lipinski definition) is 6. The Kier molecular flexibility index (Phi) is 3.75. The molecule has 6 heteroatoms. The molecule has 0 bridgehead atoms. The Morgan fingerprint density at radius 2 is 2.35 bits per heavy atom. The minimum absolute atomic E-state index is 0.441. The first-order valence-electron chi connectivity index (χ1n) is 5.95. The predicted octanol–water partition coefficient (Wildman–Crippen LogP) is 0.657. The second-order valence-electron chi connectivity index (χ2n) is 4.61. The molecule has 1 aromatic heterocycles. The van der Waals surface area contributed by atoms with Crippen LogP contribution in [-0.4, -0.2) is 40.5 Å². The molecule has 1 saturated heterocycles. The highest BCUT2D eigenvalue weighted by Gasteiger charge is 2.22. The molecule has 94 valence electrons. The largest absolute Gasteiger partial charge is 0.367 e. The zero-order chi connectivity index (χ0) is 12.3. The average Bonchev–Trinajstić information content (AvgIpc) is 2.34. The number of nitrogens with two attached hydrogens (primary N) is 1. The monoisotopic (exact) mass is 236 g/mol. The number of piperidine rings is 1. The molecule has 2 atom stereocenters. The van der Waals surface area contributed by atoms with Gasteiger partial charge in [-0.15, -0.1) is 0 Å². The Balaban J connectivity index is 1.96. The number of likely N-dealkylation sites (tertiary alicyclic amines) is 1. The summed E-state index contributed by atoms with van der Waals surface area (Å²) in [5.74, 6) is 6.55. The van der Waals surface area contributed by atoms with Gasteiger partial charge in [0.1, 0.15) is 5.82 Å². The van der Waals surface area contributed by atoms with E-state index in [4.69, 9.17) is 5.84 Å². The fourth-order valence-corrected chi connectivity index (χ4v) is 2.14. The summed E-state index contributed by atoms with van der Waals surface area (Å²) in [4.78, 5) is 10.6. The number of rotatable bonds is 3. The number of nitrogen functional groups attached to an aromatic ring is 1. The molecule has 0 aromatic carbocycles. The molecule has 1 fully saturated rings. The van der Waals surface area contributed by atoms with E-state index in [1.165, 1.54) is 0 Å². The summed E-state index contributed by atoms with van der Waals surface area (Å²) >= 11 is 0. The Hall–Kier alpha value is -1.40. The number of nitrogens with one attached hydrogen (secondary N) is 2. The molecule has 4 N–H and O–H groups in total. The van der Waals surface area contributed by atoms with Crippen molar-refractivity contribution in [1.82, 2.24) is 14.9 Å². The first-order valence-corrected chi connectivity index (χ1v) is 5.95. The Morgan fingerprint density at radius 3 is 3.06 bits per heavy atom. The molecule has 2 unspecified atom stereocenters. The van der Waals surface area contributed by atoms with Crippen LogP contribution < -0.4 is 16.6 Å². The molecule has 0 aliphatic carbocycles. The van der Waals surface area contributed by atoms with Crippen LogP contribution in [0.3, 0.4) is 0 Å². The molecule has 1 aliphatic rings. The van der Waals surface area contributed by atoms with E-state index in [9.17, 15) is 0 Å². The fourth-order valence-electron chi connectivity index (χ4n) is 2.14. The summed E-state index contributed by atoms with van der Waals surface area (Å²) in [5.41, 5.74) is 2.45. The molecule has 0 amide bonds. The first-order chi connectivity index (χ1) is 8.19. The van der Waals surface area contributed by atoms with E-state index in [0.717, 1.165) is 25.2 Å². The van der Waals surface area contributed by atoms with Crippen LogP contribution >= 0.6 is 0 Å². The van der Waals surface area contributed by atoms with E-state index in [-0.39, 0.29) is 0 Å². The van der Waals surface area contributed by atoms with Gasteiger partial charge in [0.25, 0.3) is 0 Å². The lowest BCUT2D eigenvalue weighted by Crippen LogP contribution is -2.42. The highest BCUT2D eigenvalue weighted by molar-refractivity contribution is 5.39. The van der Waals surface area contributed by atoms with Gasteiger partial charge < -0.3 is 10.2 Å². The van der Waals surface area contributed by atoms with Gasteiger partial charge in [0.15, 0.2) is 0 Å². The lowest BCUT2D eigenvalue weighted by Gasteiger charge is -2.35. The number of anilines is 2. The van der Waals surface area contributed by atoms with Gasteiger partial charge in [-0.2, -0.15) is 4.98 Å². The van der Waals surface area contributed by atoms with Crippen molar-refractivity contribution in [3.8, 4) is 0 Å². The van der Waals surface area contributed by atoms with Crippen molar-refractivity contribution in [2.75, 3.05) is 24.3 Å². The van der Waals surface area contributed by atoms with Gasteiger partial charge in [-0.05, 0) is 32.9 Å². The van der Waals surface area contributed by atoms with Crippen LogP contribution in [0.5, 0.6) is 0 Å². The maximum absolute atomic E-state index is 5.28. The Morgan fingerprint density at radius 1 is 1.53 bits per heavy atom. The SMILES string of the molecule is CC1CC(Nc2ccnc(NN)n2)CCN1C. The third-order valence-electron chi connectivity index (χ3n) is 3.35. The van der Waals surface area contributed by atoms with Crippen molar-refractivity contribution >= 4 is 11.8 Å². The Labute approximate surface area is 102 Å². The second kappa shape index (κ2) is 5.29. The molecule has 1 aliphatic heterocycles. The molecular formula is C11H20N6. The Bertz CT molecular complexity index is 369. The third-order valence-corrected chi connectivity index (χ3v) is 3.35. The van der Waals surface area contributed by atoms with Crippen molar-refractivity contribution in [3.63, 3.8) is 0 Å². The smallest absolute Gasteiger partial charge is 0.239 e. The second-order valence-corrected chi connectivity index (χ2v) is 4.61. The van der Waals surface area contributed by atoms with Gasteiger partial charge in [-0.3, -0.25) is 5.43 Å². The molecule has 0 radical (unpaired) electrons. The molecule has 6 nitrogen and oxygen atoms in total. The van der Waals surface area contributed by atoms with E-state index in [1.807, 2.05) is 6.07 Å². The maximum atomic E-state index is 5.28. The number of nitrogens with zero attached hydrogens (tertiary/aromatic N) is 3. The van der Waals surface area contributed by atoms with Crippen LogP contribution in [-0.2, 0) is 0 Å². The number of hydrogen-bond donors (Lipinski definition) is 3. The predicted molar refractivity (Wildman–Crippen MR) is 68.6 cm³/mol. The molecule has 2 heterocycles. The minimum Gasteiger partial charge on any atom is -0.367 e. The van der Waals surface area contributed by atoms with Crippen molar-refractivity contribution in [2.24, 2.45) is 5.84 Å². The molecule has 0 saturated carbocycles. The van der Waals surface area contributed by atoms with E-state index < -0.39 is 0 Å². The summed E-state index contributed by atoms with van der Waals surface area (Å²) in [5, 5.41) is 3.43. The highest BCUT2D eigenvalue weighted by Crippen LogP contribution is 2.19. The van der Waals surface area contributed by atoms with E-state index in [0.29, 0.717) is 18.0 Å². The average molecular weight is 236 g/mol. The third kappa shape index (κ3) is 3.04. The molecule has 2 rings (SSSR count). The van der Waals surface area contributed by atoms with E-state index >= 15 is 0 Å². The lowest BCUT2D eigenvalue weighted by atomic mass is 9.99. The van der Waals surface area contributed by atoms with Crippen LogP contribution in [0.4, 0.5) is 11.8 Å². The topological polar surface area (TPSA) is 79.1 Å². The summed E-state index contributed by atoms with van der Waals surface area (Å²) in [6.45, 7) is 3.37. The summed E-state index contributed by atoms with van der Waals surface area (Å²) in [6.07, 6.45) is 3.96. The van der Waals surface area contributed by atoms with Crippen molar-refractivity contribution in [1.29, 1.82) is 0 Å². The van der Waals surface area contributed by atoms with Gasteiger partial charge in [0, 0.05) is 24.8 Å². The van der Waals surface area contributed by atoms with Gasteiger partial charge in [0.2, 0.25) is 5.95 Å². The van der Waals surface area contributed by atoms with E-state index in [2.05, 4.69) is 39.6 Å². The lowest BCUT2D eigenvalue weighted by molar-refractivity contribution is 0.190. The summed E-state index contributed by atoms with van der Waals surface area (Å²) < 4.78 is 0. The van der Waals surface area contributed by atoms with Crippen molar-refractivity contribution < 1.29 is 0 Å². The van der Waals surface area contributed by atoms with Gasteiger partial charge in [-0.1, -0.05) is 0 Å². The molecular weight excluding hydrogens is 216 g/mol. The first kappa shape index (κ1) is 12.1. The minimum atomic E-state index is 0.441. The molecule has 0 spiro atoms. The number of aromatic nitrogens is 2. The molecule has 1 aromatic rings. The maximum Gasteiger partial charge on any atom is 0.239 e. The van der Waals surface area contributed by atoms with Crippen LogP contribution in [0, 0.1) is 0 Å². The van der Waals surface area contributed by atoms with Gasteiger partial charge in [-0.25, -0.2) is 10.8 Å². The standard InChI is InChI=1S/C11H20N6/c1-8-7-9(4-6-17(8)2)14-10-3-5-13-11(15-10)16-12/h3,5,8-9H,4,6-7,12H2,1-2H3,(H2,13,14,15,16). The summed E-state index contributed by atoms with van der Waals surface area (Å²) in [7, 11) is 2.17. The number of hydrazine groups is 1. The van der Waals surface area contributed by atoms with Gasteiger partial charge in [0.05, 0.1) is 0 Å². The zero-order valence-electron chi connectivity index (χ0n) is 10.3. The van der Waals surface area contributed by atoms with Crippen LogP contribution in [0.2, 0.25) is 0 Å². The van der Waals surface area contributed by atoms with Gasteiger partial charge >= 0.3 is 0 Å². The van der Waals surface area contributed by atoms with Crippen molar-refractivity contribution in [3.05, 3.63) is 12.3 Å². The fraction of sp³-hybridized carbons (Fsp3) is 0.636.